The van der Waals surface area contributed by atoms with Gasteiger partial charge in [0.2, 0.25) is 17.7 Å². The molecule has 0 fully saturated rings. The molecule has 32 heavy (non-hydrogen) atoms. The fraction of sp³-hybridized carbons (Fsp3) is 0.429. The van der Waals surface area contributed by atoms with E-state index < -0.39 is 41.8 Å². The summed E-state index contributed by atoms with van der Waals surface area (Å²) in [6.07, 6.45) is 4.05. The lowest BCUT2D eigenvalue weighted by atomic mass is 10.0. The predicted octanol–water partition coefficient (Wildman–Crippen LogP) is -0.0189. The molecular weight excluding hydrogens is 434 g/mol. The highest BCUT2D eigenvalue weighted by atomic mass is 32.2. The molecule has 2 rings (SSSR count). The van der Waals surface area contributed by atoms with Crippen LogP contribution in [-0.4, -0.2) is 70.5 Å². The lowest BCUT2D eigenvalue weighted by molar-refractivity contribution is -0.142. The Morgan fingerprint density at radius 3 is 2.47 bits per heavy atom. The Bertz CT molecular complexity index is 963. The lowest BCUT2D eigenvalue weighted by Gasteiger charge is -2.22. The van der Waals surface area contributed by atoms with Crippen LogP contribution in [0.3, 0.4) is 0 Å². The number of para-hydroxylation sites is 1. The molecule has 174 valence electrons. The van der Waals surface area contributed by atoms with Crippen LogP contribution in [0.25, 0.3) is 10.9 Å². The first-order chi connectivity index (χ1) is 15.3. The summed E-state index contributed by atoms with van der Waals surface area (Å²) in [4.78, 5) is 51.7. The van der Waals surface area contributed by atoms with E-state index in [1.54, 1.807) is 6.20 Å². The lowest BCUT2D eigenvalue weighted by Crippen LogP contribution is -2.55. The van der Waals surface area contributed by atoms with Crippen LogP contribution in [0.2, 0.25) is 0 Å². The molecule has 0 aliphatic carbocycles. The van der Waals surface area contributed by atoms with E-state index in [-0.39, 0.29) is 19.4 Å². The average molecular weight is 464 g/mol. The van der Waals surface area contributed by atoms with Crippen molar-refractivity contribution in [3.63, 3.8) is 0 Å². The summed E-state index contributed by atoms with van der Waals surface area (Å²) in [5.41, 5.74) is 7.10. The minimum Gasteiger partial charge on any atom is -0.480 e. The third-order valence-electron chi connectivity index (χ3n) is 4.91. The second-order valence-electron chi connectivity index (χ2n) is 7.30. The molecule has 0 saturated heterocycles. The van der Waals surface area contributed by atoms with Crippen molar-refractivity contribution in [2.24, 2.45) is 5.73 Å². The highest BCUT2D eigenvalue weighted by molar-refractivity contribution is 7.98. The summed E-state index contributed by atoms with van der Waals surface area (Å²) in [6.45, 7) is 1.16. The number of aromatic amines is 1. The SMILES string of the molecule is CSCCC(NC(=O)C(C)NC(=O)C(Cc1c[nH]c2ccccc12)NC(=O)CN)C(=O)O. The number of hydrogen-bond donors (Lipinski definition) is 6. The summed E-state index contributed by atoms with van der Waals surface area (Å²) in [5, 5.41) is 17.8. The highest BCUT2D eigenvalue weighted by Gasteiger charge is 2.27. The Labute approximate surface area is 190 Å². The number of rotatable bonds is 12. The second kappa shape index (κ2) is 12.1. The largest absolute Gasteiger partial charge is 0.480 e. The van der Waals surface area contributed by atoms with Gasteiger partial charge in [-0.2, -0.15) is 11.8 Å². The molecule has 3 amide bonds. The van der Waals surface area contributed by atoms with Crippen molar-refractivity contribution >= 4 is 46.4 Å². The second-order valence-corrected chi connectivity index (χ2v) is 8.28. The Balaban J connectivity index is 2.09. The minimum atomic E-state index is -1.14. The van der Waals surface area contributed by atoms with Gasteiger partial charge in [0.25, 0.3) is 0 Å². The first-order valence-corrected chi connectivity index (χ1v) is 11.5. The van der Waals surface area contributed by atoms with E-state index in [1.807, 2.05) is 30.5 Å². The maximum absolute atomic E-state index is 12.9. The Hall–Kier alpha value is -3.05. The fourth-order valence-electron chi connectivity index (χ4n) is 3.15. The number of aromatic nitrogens is 1. The number of nitrogens with one attached hydrogen (secondary N) is 4. The molecule has 0 spiro atoms. The van der Waals surface area contributed by atoms with Crippen LogP contribution in [0.15, 0.2) is 30.5 Å². The maximum Gasteiger partial charge on any atom is 0.326 e. The molecule has 1 heterocycles. The summed E-state index contributed by atoms with van der Waals surface area (Å²) >= 11 is 1.47. The van der Waals surface area contributed by atoms with Crippen molar-refractivity contribution in [2.45, 2.75) is 37.9 Å². The number of carboxylic acids is 1. The number of hydrogen-bond acceptors (Lipinski definition) is 6. The molecular formula is C21H29N5O5S. The number of fused-ring (bicyclic) bond motifs is 1. The smallest absolute Gasteiger partial charge is 0.326 e. The number of nitrogens with two attached hydrogens (primary N) is 1. The van der Waals surface area contributed by atoms with Gasteiger partial charge in [-0.3, -0.25) is 14.4 Å². The van der Waals surface area contributed by atoms with Crippen LogP contribution in [0.4, 0.5) is 0 Å². The van der Waals surface area contributed by atoms with Crippen LogP contribution in [-0.2, 0) is 25.6 Å². The number of benzene rings is 1. The molecule has 3 unspecified atom stereocenters. The number of thioether (sulfide) groups is 1. The van der Waals surface area contributed by atoms with Gasteiger partial charge in [0.05, 0.1) is 6.54 Å². The van der Waals surface area contributed by atoms with Crippen molar-refractivity contribution in [2.75, 3.05) is 18.6 Å². The van der Waals surface area contributed by atoms with E-state index in [2.05, 4.69) is 20.9 Å². The van der Waals surface area contributed by atoms with Gasteiger partial charge in [0.1, 0.15) is 18.1 Å². The number of aliphatic carboxylic acids is 1. The number of carbonyl (C=O) groups excluding carboxylic acids is 3. The normalized spacial score (nSPS) is 13.7. The van der Waals surface area contributed by atoms with Gasteiger partial charge < -0.3 is 31.8 Å². The van der Waals surface area contributed by atoms with Crippen LogP contribution in [0, 0.1) is 0 Å². The van der Waals surface area contributed by atoms with Crippen molar-refractivity contribution in [3.05, 3.63) is 36.0 Å². The summed E-state index contributed by atoms with van der Waals surface area (Å²) in [6, 6.07) is 4.54. The monoisotopic (exact) mass is 463 g/mol. The quantitative estimate of drug-likeness (QED) is 0.257. The molecule has 0 saturated carbocycles. The zero-order valence-electron chi connectivity index (χ0n) is 18.0. The molecule has 3 atom stereocenters. The summed E-state index contributed by atoms with van der Waals surface area (Å²) in [7, 11) is 0. The van der Waals surface area contributed by atoms with Crippen LogP contribution < -0.4 is 21.7 Å². The topological polar surface area (TPSA) is 166 Å². The van der Waals surface area contributed by atoms with E-state index in [0.29, 0.717) is 5.75 Å². The van der Waals surface area contributed by atoms with Crippen molar-refractivity contribution in [1.29, 1.82) is 0 Å². The van der Waals surface area contributed by atoms with E-state index in [9.17, 15) is 24.3 Å². The molecule has 0 bridgehead atoms. The molecule has 10 nitrogen and oxygen atoms in total. The van der Waals surface area contributed by atoms with Gasteiger partial charge >= 0.3 is 5.97 Å². The van der Waals surface area contributed by atoms with E-state index in [0.717, 1.165) is 16.5 Å². The first kappa shape index (κ1) is 25.2. The average Bonchev–Trinajstić information content (AvgIpc) is 3.18. The molecule has 1 aromatic carbocycles. The third-order valence-corrected chi connectivity index (χ3v) is 5.56. The Morgan fingerprint density at radius 2 is 1.81 bits per heavy atom. The summed E-state index contributed by atoms with van der Waals surface area (Å²) in [5.74, 6) is -2.28. The van der Waals surface area contributed by atoms with Crippen LogP contribution >= 0.6 is 11.8 Å². The molecule has 7 N–H and O–H groups in total. The Kier molecular flexibility index (Phi) is 9.54. The first-order valence-electron chi connectivity index (χ1n) is 10.1. The van der Waals surface area contributed by atoms with Gasteiger partial charge in [0.15, 0.2) is 0 Å². The van der Waals surface area contributed by atoms with Crippen LogP contribution in [0.1, 0.15) is 18.9 Å². The molecule has 0 radical (unpaired) electrons. The van der Waals surface area contributed by atoms with Crippen molar-refractivity contribution in [3.8, 4) is 0 Å². The van der Waals surface area contributed by atoms with Gasteiger partial charge in [-0.15, -0.1) is 0 Å². The predicted molar refractivity (Wildman–Crippen MR) is 123 cm³/mol. The molecule has 1 aromatic heterocycles. The fourth-order valence-corrected chi connectivity index (χ4v) is 3.62. The van der Waals surface area contributed by atoms with Gasteiger partial charge in [-0.25, -0.2) is 4.79 Å². The number of carboxylic acid groups (broad SMARTS) is 1. The number of H-pyrrole nitrogens is 1. The number of carbonyl (C=O) groups is 4. The van der Waals surface area contributed by atoms with E-state index in [4.69, 9.17) is 5.73 Å². The molecule has 0 aliphatic rings. The van der Waals surface area contributed by atoms with Gasteiger partial charge in [0, 0.05) is 23.5 Å². The number of amides is 3. The Morgan fingerprint density at radius 1 is 1.09 bits per heavy atom. The zero-order valence-corrected chi connectivity index (χ0v) is 18.8. The van der Waals surface area contributed by atoms with Gasteiger partial charge in [-0.05, 0) is 37.0 Å². The van der Waals surface area contributed by atoms with E-state index in [1.165, 1.54) is 18.7 Å². The standard InChI is InChI=1S/C21H29N5O5S/c1-12(19(28)26-16(21(30)31)7-8-32-2)24-20(29)17(25-18(27)10-22)9-13-11-23-15-6-4-3-5-14(13)15/h3-6,11-12,16-17,23H,7-10,22H2,1-2H3,(H,24,29)(H,25,27)(H,26,28)(H,30,31). The molecule has 11 heteroatoms. The van der Waals surface area contributed by atoms with E-state index >= 15 is 0 Å². The maximum atomic E-state index is 12.9. The van der Waals surface area contributed by atoms with Gasteiger partial charge in [-0.1, -0.05) is 18.2 Å². The van der Waals surface area contributed by atoms with Crippen molar-refractivity contribution < 1.29 is 24.3 Å². The molecule has 2 aromatic rings. The zero-order chi connectivity index (χ0) is 23.7. The third kappa shape index (κ3) is 6.99. The highest BCUT2D eigenvalue weighted by Crippen LogP contribution is 2.19. The van der Waals surface area contributed by atoms with Crippen LogP contribution in [0.5, 0.6) is 0 Å². The molecule has 0 aliphatic heterocycles. The minimum absolute atomic E-state index is 0.182. The van der Waals surface area contributed by atoms with Crippen molar-refractivity contribution in [1.82, 2.24) is 20.9 Å². The summed E-state index contributed by atoms with van der Waals surface area (Å²) < 4.78 is 0.